The summed E-state index contributed by atoms with van der Waals surface area (Å²) in [7, 11) is 0. The molecule has 6 N–H and O–H groups in total. The Bertz CT molecular complexity index is 377. The van der Waals surface area contributed by atoms with Crippen LogP contribution in [0, 0.1) is 0 Å². The molecule has 0 fully saturated rings. The zero-order valence-electron chi connectivity index (χ0n) is 15.3. The molecule has 0 heterocycles. The lowest BCUT2D eigenvalue weighted by Crippen LogP contribution is -2.51. The number of aliphatic hydroxyl groups excluding tert-OH is 4. The SMILES string of the molecule is CCCCCCCCCCCCC(=O)[C@H](O)[C@@H](O)[C@@H](O)[C@H](O)C(N)=O. The highest BCUT2D eigenvalue weighted by Gasteiger charge is 2.36. The minimum atomic E-state index is -2.03. The summed E-state index contributed by atoms with van der Waals surface area (Å²) in [6.07, 6.45) is 3.38. The summed E-state index contributed by atoms with van der Waals surface area (Å²) in [5, 5.41) is 38.1. The second-order valence-corrected chi connectivity index (χ2v) is 6.67. The van der Waals surface area contributed by atoms with Crippen molar-refractivity contribution in [3.63, 3.8) is 0 Å². The predicted octanol–water partition coefficient (Wildman–Crippen LogP) is 0.795. The summed E-state index contributed by atoms with van der Waals surface area (Å²) in [4.78, 5) is 22.5. The normalized spacial score (nSPS) is 16.2. The maximum absolute atomic E-state index is 11.8. The molecule has 0 unspecified atom stereocenters. The lowest BCUT2D eigenvalue weighted by molar-refractivity contribution is -0.152. The molecule has 0 aromatic heterocycles. The van der Waals surface area contributed by atoms with E-state index < -0.39 is 36.1 Å². The molecule has 7 nitrogen and oxygen atoms in total. The number of hydrogen-bond acceptors (Lipinski definition) is 6. The van der Waals surface area contributed by atoms with Gasteiger partial charge in [0.2, 0.25) is 5.91 Å². The Morgan fingerprint density at radius 3 is 1.56 bits per heavy atom. The highest BCUT2D eigenvalue weighted by Crippen LogP contribution is 2.13. The molecule has 0 aromatic rings. The Hall–Kier alpha value is -1.02. The molecule has 0 spiro atoms. The minimum absolute atomic E-state index is 0.0775. The topological polar surface area (TPSA) is 141 Å². The Labute approximate surface area is 150 Å². The van der Waals surface area contributed by atoms with E-state index in [0.717, 1.165) is 19.3 Å². The first-order valence-electron chi connectivity index (χ1n) is 9.37. The predicted molar refractivity (Wildman–Crippen MR) is 94.7 cm³/mol. The monoisotopic (exact) mass is 361 g/mol. The molecule has 0 saturated carbocycles. The van der Waals surface area contributed by atoms with Gasteiger partial charge in [0.25, 0.3) is 0 Å². The number of aliphatic hydroxyl groups is 4. The van der Waals surface area contributed by atoms with Gasteiger partial charge in [-0.1, -0.05) is 64.7 Å². The van der Waals surface area contributed by atoms with Crippen LogP contribution in [0.5, 0.6) is 0 Å². The first-order valence-corrected chi connectivity index (χ1v) is 9.37. The number of unbranched alkanes of at least 4 members (excludes halogenated alkanes) is 9. The fourth-order valence-electron chi connectivity index (χ4n) is 2.67. The van der Waals surface area contributed by atoms with Crippen molar-refractivity contribution < 1.29 is 30.0 Å². The average molecular weight is 361 g/mol. The van der Waals surface area contributed by atoms with E-state index in [9.17, 15) is 30.0 Å². The second-order valence-electron chi connectivity index (χ2n) is 6.67. The molecular formula is C18H35NO6. The highest BCUT2D eigenvalue weighted by atomic mass is 16.4. The smallest absolute Gasteiger partial charge is 0.249 e. The van der Waals surface area contributed by atoms with Crippen molar-refractivity contribution in [1.82, 2.24) is 0 Å². The third-order valence-electron chi connectivity index (χ3n) is 4.40. The van der Waals surface area contributed by atoms with Gasteiger partial charge < -0.3 is 26.2 Å². The Kier molecular flexibility index (Phi) is 13.6. The number of primary amides is 1. The molecule has 0 aliphatic heterocycles. The van der Waals surface area contributed by atoms with Crippen molar-refractivity contribution in [2.24, 2.45) is 5.73 Å². The summed E-state index contributed by atoms with van der Waals surface area (Å²) in [6.45, 7) is 2.19. The molecular weight excluding hydrogens is 326 g/mol. The summed E-state index contributed by atoms with van der Waals surface area (Å²) < 4.78 is 0. The van der Waals surface area contributed by atoms with Crippen LogP contribution in [0.2, 0.25) is 0 Å². The first kappa shape index (κ1) is 24.0. The number of carbonyl (C=O) groups is 2. The molecule has 0 aliphatic rings. The number of rotatable bonds is 16. The lowest BCUT2D eigenvalue weighted by atomic mass is 9.97. The number of Topliss-reactive ketones (excluding diaryl/α,β-unsaturated/α-hetero) is 1. The van der Waals surface area contributed by atoms with Crippen LogP contribution in [0.4, 0.5) is 0 Å². The Morgan fingerprint density at radius 2 is 1.12 bits per heavy atom. The Balaban J connectivity index is 3.82. The van der Waals surface area contributed by atoms with Crippen molar-refractivity contribution >= 4 is 11.7 Å². The van der Waals surface area contributed by atoms with Crippen molar-refractivity contribution in [3.05, 3.63) is 0 Å². The molecule has 4 atom stereocenters. The van der Waals surface area contributed by atoms with Crippen LogP contribution in [0.25, 0.3) is 0 Å². The fourth-order valence-corrected chi connectivity index (χ4v) is 2.67. The van der Waals surface area contributed by atoms with Gasteiger partial charge in [-0.25, -0.2) is 0 Å². The maximum Gasteiger partial charge on any atom is 0.249 e. The molecule has 0 bridgehead atoms. The zero-order chi connectivity index (χ0) is 19.2. The van der Waals surface area contributed by atoms with Crippen LogP contribution in [-0.4, -0.2) is 56.5 Å². The van der Waals surface area contributed by atoms with E-state index in [1.165, 1.54) is 38.5 Å². The van der Waals surface area contributed by atoms with E-state index in [2.05, 4.69) is 6.92 Å². The molecule has 0 aromatic carbocycles. The minimum Gasteiger partial charge on any atom is -0.387 e. The molecule has 148 valence electrons. The van der Waals surface area contributed by atoms with E-state index in [-0.39, 0.29) is 6.42 Å². The molecule has 7 heteroatoms. The number of carbonyl (C=O) groups excluding carboxylic acids is 2. The quantitative estimate of drug-likeness (QED) is 0.257. The third-order valence-corrected chi connectivity index (χ3v) is 4.40. The van der Waals surface area contributed by atoms with Crippen LogP contribution < -0.4 is 5.73 Å². The number of amides is 1. The standard InChI is InChI=1S/C18H35NO6/c1-2-3-4-5-6-7-8-9-10-11-12-13(20)14(21)15(22)16(23)17(24)18(19)25/h14-17,21-24H,2-12H2,1H3,(H2,19,25)/t14-,15+,16+,17-/m0/s1. The van der Waals surface area contributed by atoms with Gasteiger partial charge in [-0.3, -0.25) is 9.59 Å². The van der Waals surface area contributed by atoms with Crippen LogP contribution in [-0.2, 0) is 9.59 Å². The van der Waals surface area contributed by atoms with Crippen LogP contribution in [0.15, 0.2) is 0 Å². The van der Waals surface area contributed by atoms with Crippen molar-refractivity contribution in [2.45, 2.75) is 102 Å². The fraction of sp³-hybridized carbons (Fsp3) is 0.889. The molecule has 0 radical (unpaired) electrons. The summed E-state index contributed by atoms with van der Waals surface area (Å²) in [5.41, 5.74) is 4.80. The third kappa shape index (κ3) is 10.5. The van der Waals surface area contributed by atoms with E-state index in [4.69, 9.17) is 5.73 Å². The number of nitrogens with two attached hydrogens (primary N) is 1. The zero-order valence-corrected chi connectivity index (χ0v) is 15.3. The summed E-state index contributed by atoms with van der Waals surface area (Å²) in [6, 6.07) is 0. The van der Waals surface area contributed by atoms with E-state index >= 15 is 0 Å². The second kappa shape index (κ2) is 14.2. The van der Waals surface area contributed by atoms with Crippen molar-refractivity contribution in [1.29, 1.82) is 0 Å². The highest BCUT2D eigenvalue weighted by molar-refractivity contribution is 5.84. The van der Waals surface area contributed by atoms with Crippen LogP contribution >= 0.6 is 0 Å². The molecule has 0 aliphatic carbocycles. The van der Waals surface area contributed by atoms with Gasteiger partial charge >= 0.3 is 0 Å². The van der Waals surface area contributed by atoms with Crippen LogP contribution in [0.3, 0.4) is 0 Å². The van der Waals surface area contributed by atoms with Crippen molar-refractivity contribution in [3.8, 4) is 0 Å². The van der Waals surface area contributed by atoms with Gasteiger partial charge in [-0.05, 0) is 6.42 Å². The van der Waals surface area contributed by atoms with E-state index in [0.29, 0.717) is 6.42 Å². The number of ketones is 1. The van der Waals surface area contributed by atoms with E-state index in [1.54, 1.807) is 0 Å². The van der Waals surface area contributed by atoms with Crippen molar-refractivity contribution in [2.75, 3.05) is 0 Å². The molecule has 0 saturated heterocycles. The number of hydrogen-bond donors (Lipinski definition) is 5. The van der Waals surface area contributed by atoms with Gasteiger partial charge in [-0.15, -0.1) is 0 Å². The van der Waals surface area contributed by atoms with Gasteiger partial charge in [0.1, 0.15) is 18.3 Å². The van der Waals surface area contributed by atoms with Gasteiger partial charge in [0.15, 0.2) is 11.9 Å². The average Bonchev–Trinajstić information content (AvgIpc) is 2.60. The van der Waals surface area contributed by atoms with Gasteiger partial charge in [-0.2, -0.15) is 0 Å². The van der Waals surface area contributed by atoms with E-state index in [1.807, 2.05) is 0 Å². The molecule has 1 amide bonds. The first-order chi connectivity index (χ1) is 11.8. The van der Waals surface area contributed by atoms with Gasteiger partial charge in [0, 0.05) is 6.42 Å². The lowest BCUT2D eigenvalue weighted by Gasteiger charge is -2.24. The van der Waals surface area contributed by atoms with Crippen LogP contribution in [0.1, 0.15) is 77.6 Å². The molecule has 25 heavy (non-hydrogen) atoms. The molecule has 0 rings (SSSR count). The summed E-state index contributed by atoms with van der Waals surface area (Å²) in [5.74, 6) is -1.86. The van der Waals surface area contributed by atoms with Gasteiger partial charge in [0.05, 0.1) is 0 Å². The largest absolute Gasteiger partial charge is 0.387 e. The Morgan fingerprint density at radius 1 is 0.720 bits per heavy atom. The maximum atomic E-state index is 11.8. The summed E-state index contributed by atoms with van der Waals surface area (Å²) >= 11 is 0.